The Labute approximate surface area is 204 Å². The number of carbonyl (C=O) groups excluding carboxylic acids is 1. The molecule has 0 fully saturated rings. The maximum absolute atomic E-state index is 13.6. The van der Waals surface area contributed by atoms with Crippen LogP contribution in [0.25, 0.3) is 22.0 Å². The summed E-state index contributed by atoms with van der Waals surface area (Å²) in [4.78, 5) is 31.1. The maximum atomic E-state index is 13.6. The van der Waals surface area contributed by atoms with E-state index in [2.05, 4.69) is 4.98 Å². The molecule has 0 radical (unpaired) electrons. The number of rotatable bonds is 6. The second-order valence-electron chi connectivity index (χ2n) is 7.80. The van der Waals surface area contributed by atoms with E-state index in [1.807, 2.05) is 10.8 Å². The van der Waals surface area contributed by atoms with Crippen molar-refractivity contribution in [3.63, 3.8) is 0 Å². The van der Waals surface area contributed by atoms with Crippen LogP contribution in [0.3, 0.4) is 0 Å². The molecule has 2 aromatic heterocycles. The fourth-order valence-corrected chi connectivity index (χ4v) is 4.42. The molecule has 0 aliphatic heterocycles. The number of aryl methyl sites for hydroxylation is 1. The summed E-state index contributed by atoms with van der Waals surface area (Å²) >= 11 is 0. The van der Waals surface area contributed by atoms with Gasteiger partial charge in [-0.1, -0.05) is 0 Å². The average Bonchev–Trinajstić information content (AvgIpc) is 3.42. The molecular formula is C24H22BrN3O6. The highest BCUT2D eigenvalue weighted by atomic mass is 79.9. The Morgan fingerprint density at radius 2 is 1.56 bits per heavy atom. The van der Waals surface area contributed by atoms with Gasteiger partial charge in [0.05, 0.1) is 37.2 Å². The first-order chi connectivity index (χ1) is 15.9. The Morgan fingerprint density at radius 1 is 0.912 bits per heavy atom. The number of carbonyl (C=O) groups is 1. The summed E-state index contributed by atoms with van der Waals surface area (Å²) in [6.45, 7) is 0.963. The zero-order valence-corrected chi connectivity index (χ0v) is 20.2. The molecule has 0 unspecified atom stereocenters. The first-order valence-electron chi connectivity index (χ1n) is 10.3. The highest BCUT2D eigenvalue weighted by Gasteiger charge is 2.34. The first-order valence-corrected chi connectivity index (χ1v) is 10.3. The van der Waals surface area contributed by atoms with Gasteiger partial charge in [-0.3, -0.25) is 9.59 Å². The van der Waals surface area contributed by atoms with Crippen LogP contribution < -0.4 is 15.0 Å². The predicted octanol–water partition coefficient (Wildman–Crippen LogP) is 3.51. The molecule has 1 aliphatic rings. The minimum atomic E-state index is -0.396. The van der Waals surface area contributed by atoms with Crippen molar-refractivity contribution in [2.24, 2.45) is 0 Å². The lowest BCUT2D eigenvalue weighted by Crippen LogP contribution is -2.24. The summed E-state index contributed by atoms with van der Waals surface area (Å²) in [5.41, 5.74) is 1.09. The SMILES string of the molecule is Br.COc1cc2c3c(n(CCCn4ccnc4)c(=O)c2cc1OC)-c1cc(O)c(O)cc1C3=O. The van der Waals surface area contributed by atoms with Gasteiger partial charge in [-0.05, 0) is 30.7 Å². The summed E-state index contributed by atoms with van der Waals surface area (Å²) < 4.78 is 14.2. The third-order valence-corrected chi connectivity index (χ3v) is 5.97. The van der Waals surface area contributed by atoms with Crippen molar-refractivity contribution in [1.29, 1.82) is 0 Å². The average molecular weight is 528 g/mol. The minimum absolute atomic E-state index is 0. The molecule has 10 heteroatoms. The Kier molecular flexibility index (Phi) is 6.09. The number of halogens is 1. The summed E-state index contributed by atoms with van der Waals surface area (Å²) in [5.74, 6) is -0.327. The number of aromatic hydroxyl groups is 2. The minimum Gasteiger partial charge on any atom is -0.504 e. The Bertz CT molecular complexity index is 1480. The molecule has 2 N–H and O–H groups in total. The standard InChI is InChI=1S/C24H21N3O6.BrH/c1-32-19-10-13-16(11-20(19)33-2)24(31)27(6-3-5-26-7-4-25-12-26)22-14-8-17(28)18(29)9-15(14)23(30)21(13)22;/h4,7-12,28-29H,3,5-6H2,1-2H3;1H. The molecule has 2 aromatic carbocycles. The number of methoxy groups -OCH3 is 2. The zero-order chi connectivity index (χ0) is 23.3. The van der Waals surface area contributed by atoms with Crippen LogP contribution in [0.5, 0.6) is 23.0 Å². The molecule has 0 amide bonds. The van der Waals surface area contributed by atoms with Gasteiger partial charge in [-0.2, -0.15) is 0 Å². The van der Waals surface area contributed by atoms with E-state index in [1.165, 1.54) is 26.4 Å². The van der Waals surface area contributed by atoms with E-state index in [4.69, 9.17) is 9.47 Å². The van der Waals surface area contributed by atoms with Gasteiger partial charge in [-0.25, -0.2) is 4.98 Å². The number of aromatic nitrogens is 3. The largest absolute Gasteiger partial charge is 0.504 e. The number of hydrogen-bond acceptors (Lipinski definition) is 7. The van der Waals surface area contributed by atoms with Crippen LogP contribution in [-0.2, 0) is 13.1 Å². The van der Waals surface area contributed by atoms with Gasteiger partial charge in [0.1, 0.15) is 0 Å². The van der Waals surface area contributed by atoms with Crippen LogP contribution in [0.1, 0.15) is 22.3 Å². The number of phenols is 2. The van der Waals surface area contributed by atoms with Crippen molar-refractivity contribution < 1.29 is 24.5 Å². The molecular weight excluding hydrogens is 506 g/mol. The Morgan fingerprint density at radius 3 is 2.18 bits per heavy atom. The highest BCUT2D eigenvalue weighted by Crippen LogP contribution is 2.45. The number of benzene rings is 2. The number of imidazole rings is 1. The quantitative estimate of drug-likeness (QED) is 0.324. The lowest BCUT2D eigenvalue weighted by atomic mass is 10.0. The molecule has 2 heterocycles. The van der Waals surface area contributed by atoms with Gasteiger partial charge in [0.2, 0.25) is 0 Å². The second-order valence-corrected chi connectivity index (χ2v) is 7.80. The Hall–Kier alpha value is -3.79. The van der Waals surface area contributed by atoms with Gasteiger partial charge < -0.3 is 28.8 Å². The van der Waals surface area contributed by atoms with Gasteiger partial charge in [0.25, 0.3) is 5.56 Å². The van der Waals surface area contributed by atoms with E-state index in [0.717, 1.165) is 0 Å². The topological polar surface area (TPSA) is 116 Å². The fourth-order valence-electron chi connectivity index (χ4n) is 4.42. The lowest BCUT2D eigenvalue weighted by Gasteiger charge is -2.17. The molecule has 4 aromatic rings. The van der Waals surface area contributed by atoms with Crippen LogP contribution in [0.15, 0.2) is 47.8 Å². The number of hydrogen-bond donors (Lipinski definition) is 2. The molecule has 34 heavy (non-hydrogen) atoms. The third kappa shape index (κ3) is 3.50. The maximum Gasteiger partial charge on any atom is 0.259 e. The van der Waals surface area contributed by atoms with E-state index in [1.54, 1.807) is 29.2 Å². The number of pyridine rings is 1. The van der Waals surface area contributed by atoms with Crippen molar-refractivity contribution in [1.82, 2.24) is 14.1 Å². The number of phenolic OH excluding ortho intramolecular Hbond substituents is 2. The van der Waals surface area contributed by atoms with E-state index in [0.29, 0.717) is 58.6 Å². The summed E-state index contributed by atoms with van der Waals surface area (Å²) in [6.07, 6.45) is 5.83. The molecule has 5 rings (SSSR count). The second kappa shape index (κ2) is 8.86. The highest BCUT2D eigenvalue weighted by molar-refractivity contribution is 8.93. The van der Waals surface area contributed by atoms with Crippen LogP contribution in [-0.4, -0.2) is 44.3 Å². The van der Waals surface area contributed by atoms with E-state index >= 15 is 0 Å². The van der Waals surface area contributed by atoms with Crippen molar-refractivity contribution >= 4 is 33.5 Å². The normalized spacial score (nSPS) is 11.8. The molecule has 0 bridgehead atoms. The van der Waals surface area contributed by atoms with Crippen molar-refractivity contribution in [3.05, 3.63) is 64.5 Å². The number of ketones is 1. The molecule has 0 saturated carbocycles. The molecule has 176 valence electrons. The van der Waals surface area contributed by atoms with Crippen LogP contribution >= 0.6 is 17.0 Å². The van der Waals surface area contributed by atoms with Gasteiger partial charge in [0.15, 0.2) is 28.8 Å². The van der Waals surface area contributed by atoms with E-state index in [-0.39, 0.29) is 39.6 Å². The number of ether oxygens (including phenoxy) is 2. The first kappa shape index (κ1) is 23.4. The fraction of sp³-hybridized carbons (Fsp3) is 0.208. The summed E-state index contributed by atoms with van der Waals surface area (Å²) in [7, 11) is 2.96. The summed E-state index contributed by atoms with van der Waals surface area (Å²) in [5, 5.41) is 20.9. The molecule has 0 atom stereocenters. The van der Waals surface area contributed by atoms with Gasteiger partial charge >= 0.3 is 0 Å². The zero-order valence-electron chi connectivity index (χ0n) is 18.4. The van der Waals surface area contributed by atoms with Crippen molar-refractivity contribution in [2.75, 3.05) is 14.2 Å². The number of nitrogens with zero attached hydrogens (tertiary/aromatic N) is 3. The van der Waals surface area contributed by atoms with E-state index in [9.17, 15) is 19.8 Å². The predicted molar refractivity (Wildman–Crippen MR) is 131 cm³/mol. The van der Waals surface area contributed by atoms with Crippen LogP contribution in [0.2, 0.25) is 0 Å². The summed E-state index contributed by atoms with van der Waals surface area (Å²) in [6, 6.07) is 5.76. The van der Waals surface area contributed by atoms with Gasteiger partial charge in [0, 0.05) is 42.0 Å². The monoisotopic (exact) mass is 527 g/mol. The number of fused-ring (bicyclic) bond motifs is 5. The smallest absolute Gasteiger partial charge is 0.259 e. The third-order valence-electron chi connectivity index (χ3n) is 5.97. The van der Waals surface area contributed by atoms with Crippen LogP contribution in [0.4, 0.5) is 0 Å². The lowest BCUT2D eigenvalue weighted by molar-refractivity contribution is 0.104. The molecule has 0 saturated heterocycles. The van der Waals surface area contributed by atoms with Crippen molar-refractivity contribution in [3.8, 4) is 34.3 Å². The molecule has 0 spiro atoms. The van der Waals surface area contributed by atoms with E-state index < -0.39 is 5.75 Å². The van der Waals surface area contributed by atoms with Crippen molar-refractivity contribution in [2.45, 2.75) is 19.5 Å². The molecule has 1 aliphatic carbocycles. The van der Waals surface area contributed by atoms with Gasteiger partial charge in [-0.15, -0.1) is 17.0 Å². The van der Waals surface area contributed by atoms with Crippen LogP contribution in [0, 0.1) is 0 Å². The molecule has 9 nitrogen and oxygen atoms in total. The Balaban J connectivity index is 0.00000274.